The van der Waals surface area contributed by atoms with Gasteiger partial charge >= 0.3 is 0 Å². The zero-order chi connectivity index (χ0) is 13.3. The Balaban J connectivity index is 2.70. The van der Waals surface area contributed by atoms with Gasteiger partial charge in [0.1, 0.15) is 0 Å². The van der Waals surface area contributed by atoms with E-state index >= 15 is 0 Å². The van der Waals surface area contributed by atoms with Gasteiger partial charge in [-0.3, -0.25) is 0 Å². The molecule has 0 saturated carbocycles. The lowest BCUT2D eigenvalue weighted by Gasteiger charge is -2.11. The highest BCUT2D eigenvalue weighted by Gasteiger charge is 2.19. The summed E-state index contributed by atoms with van der Waals surface area (Å²) in [5.74, 6) is 0.536. The minimum Gasteiger partial charge on any atom is -0.162 e. The first kappa shape index (κ1) is 12.8. The van der Waals surface area contributed by atoms with Gasteiger partial charge in [0.05, 0.1) is 0 Å². The maximum atomic E-state index is 2.35. The monoisotopic (exact) mass is 240 g/mol. The molecule has 0 aliphatic heterocycles. The topological polar surface area (TPSA) is 3.88 Å². The normalized spacial score (nSPS) is 11.0. The van der Waals surface area contributed by atoms with E-state index in [0.717, 1.165) is 0 Å². The van der Waals surface area contributed by atoms with Crippen LogP contribution in [0.4, 0.5) is 0 Å². The van der Waals surface area contributed by atoms with E-state index in [1.165, 1.54) is 28.2 Å². The van der Waals surface area contributed by atoms with Crippen LogP contribution in [-0.2, 0) is 0 Å². The number of benzene rings is 1. The molecule has 94 valence electrons. The lowest BCUT2D eigenvalue weighted by Crippen LogP contribution is -2.39. The van der Waals surface area contributed by atoms with Gasteiger partial charge in [0.15, 0.2) is 11.4 Å². The largest absolute Gasteiger partial charge is 0.214 e. The minimum atomic E-state index is 0.536. The van der Waals surface area contributed by atoms with Gasteiger partial charge in [-0.05, 0) is 18.4 Å². The van der Waals surface area contributed by atoms with Crippen molar-refractivity contribution in [3.8, 4) is 5.69 Å². The van der Waals surface area contributed by atoms with E-state index in [1.807, 2.05) is 0 Å². The molecule has 0 fully saturated rings. The molecule has 0 aliphatic carbocycles. The molecule has 2 aromatic rings. The third kappa shape index (κ3) is 2.31. The Bertz CT molecular complexity index is 545. The molecule has 0 unspecified atom stereocenters. The number of para-hydroxylation sites is 1. The summed E-state index contributed by atoms with van der Waals surface area (Å²) in [5, 5.41) is 0. The summed E-state index contributed by atoms with van der Waals surface area (Å²) in [6.07, 6.45) is 0. The maximum absolute atomic E-state index is 2.35. The van der Waals surface area contributed by atoms with Crippen molar-refractivity contribution in [2.24, 2.45) is 0 Å². The number of rotatable bonds is 2. The lowest BCUT2D eigenvalue weighted by molar-refractivity contribution is -0.610. The van der Waals surface area contributed by atoms with E-state index < -0.39 is 0 Å². The summed E-state index contributed by atoms with van der Waals surface area (Å²) in [4.78, 5) is 0. The second-order valence-electron chi connectivity index (χ2n) is 5.36. The van der Waals surface area contributed by atoms with Crippen LogP contribution in [0.3, 0.4) is 0 Å². The Kier molecular flexibility index (Phi) is 3.51. The van der Waals surface area contributed by atoms with E-state index in [-0.39, 0.29) is 0 Å². The number of aromatic nitrogens is 1. The van der Waals surface area contributed by atoms with E-state index in [9.17, 15) is 0 Å². The first-order valence-corrected chi connectivity index (χ1v) is 6.60. The predicted molar refractivity (Wildman–Crippen MR) is 76.3 cm³/mol. The standard InChI is InChI=1S/C17H22N/c1-12(2)16-8-6-7-9-17(16)18-14(4)10-13(3)11-15(18)5/h6-12H,1-5H3/q+1. The SMILES string of the molecule is Cc1cc(C)[n+](-c2ccccc2C(C)C)c(C)c1. The maximum Gasteiger partial charge on any atom is 0.214 e. The zero-order valence-corrected chi connectivity index (χ0v) is 12.0. The van der Waals surface area contributed by atoms with Crippen molar-refractivity contribution in [2.45, 2.75) is 40.5 Å². The molecule has 0 N–H and O–H groups in total. The van der Waals surface area contributed by atoms with Crippen LogP contribution in [0.2, 0.25) is 0 Å². The molecule has 1 heteroatoms. The molecule has 0 bridgehead atoms. The third-order valence-electron chi connectivity index (χ3n) is 3.38. The number of aryl methyl sites for hydroxylation is 3. The molecular formula is C17H22N+. The van der Waals surface area contributed by atoms with E-state index in [2.05, 4.69) is 75.6 Å². The number of hydrogen-bond donors (Lipinski definition) is 0. The van der Waals surface area contributed by atoms with Crippen LogP contribution < -0.4 is 4.57 Å². The average Bonchev–Trinajstić information content (AvgIpc) is 2.28. The lowest BCUT2D eigenvalue weighted by atomic mass is 10.0. The Labute approximate surface area is 110 Å². The molecule has 1 heterocycles. The molecule has 18 heavy (non-hydrogen) atoms. The first-order chi connectivity index (χ1) is 8.50. The summed E-state index contributed by atoms with van der Waals surface area (Å²) in [5.41, 5.74) is 6.62. The molecule has 1 aromatic carbocycles. The molecule has 0 radical (unpaired) electrons. The third-order valence-corrected chi connectivity index (χ3v) is 3.38. The van der Waals surface area contributed by atoms with Crippen LogP contribution in [0.5, 0.6) is 0 Å². The van der Waals surface area contributed by atoms with Gasteiger partial charge in [-0.2, -0.15) is 4.57 Å². The highest BCUT2D eigenvalue weighted by molar-refractivity contribution is 5.37. The van der Waals surface area contributed by atoms with Crippen LogP contribution in [0.1, 0.15) is 42.3 Å². The quantitative estimate of drug-likeness (QED) is 0.698. The molecule has 1 aromatic heterocycles. The van der Waals surface area contributed by atoms with Crippen LogP contribution in [0.15, 0.2) is 36.4 Å². The summed E-state index contributed by atoms with van der Waals surface area (Å²) in [6, 6.07) is 13.2. The van der Waals surface area contributed by atoms with Crippen molar-refractivity contribution < 1.29 is 4.57 Å². The van der Waals surface area contributed by atoms with Crippen molar-refractivity contribution in [2.75, 3.05) is 0 Å². The smallest absolute Gasteiger partial charge is 0.162 e. The van der Waals surface area contributed by atoms with Crippen LogP contribution in [0, 0.1) is 20.8 Å². The van der Waals surface area contributed by atoms with E-state index in [1.54, 1.807) is 0 Å². The summed E-state index contributed by atoms with van der Waals surface area (Å²) in [7, 11) is 0. The highest BCUT2D eigenvalue weighted by Crippen LogP contribution is 2.20. The fraction of sp³-hybridized carbons (Fsp3) is 0.353. The van der Waals surface area contributed by atoms with Gasteiger partial charge in [0.2, 0.25) is 5.69 Å². The van der Waals surface area contributed by atoms with Gasteiger partial charge in [-0.1, -0.05) is 32.0 Å². The van der Waals surface area contributed by atoms with Crippen LogP contribution in [-0.4, -0.2) is 0 Å². The van der Waals surface area contributed by atoms with Gasteiger partial charge in [0, 0.05) is 37.6 Å². The second-order valence-corrected chi connectivity index (χ2v) is 5.36. The molecule has 0 aliphatic rings. The average molecular weight is 240 g/mol. The first-order valence-electron chi connectivity index (χ1n) is 6.60. The fourth-order valence-electron chi connectivity index (χ4n) is 2.67. The van der Waals surface area contributed by atoms with Crippen molar-refractivity contribution >= 4 is 0 Å². The highest BCUT2D eigenvalue weighted by atomic mass is 15.0. The summed E-state index contributed by atoms with van der Waals surface area (Å²) in [6.45, 7) is 11.0. The van der Waals surface area contributed by atoms with E-state index in [0.29, 0.717) is 5.92 Å². The molecule has 0 spiro atoms. The molecule has 1 nitrogen and oxygen atoms in total. The van der Waals surface area contributed by atoms with Gasteiger partial charge in [-0.25, -0.2) is 0 Å². The number of hydrogen-bond acceptors (Lipinski definition) is 0. The Morgan fingerprint density at radius 2 is 1.44 bits per heavy atom. The Morgan fingerprint density at radius 1 is 0.889 bits per heavy atom. The second kappa shape index (κ2) is 4.93. The zero-order valence-electron chi connectivity index (χ0n) is 12.0. The van der Waals surface area contributed by atoms with Gasteiger partial charge in [-0.15, -0.1) is 0 Å². The summed E-state index contributed by atoms with van der Waals surface area (Å²) >= 11 is 0. The van der Waals surface area contributed by atoms with Crippen LogP contribution in [0.25, 0.3) is 5.69 Å². The Morgan fingerprint density at radius 3 is 2.00 bits per heavy atom. The summed E-state index contributed by atoms with van der Waals surface area (Å²) < 4.78 is 2.35. The van der Waals surface area contributed by atoms with Crippen molar-refractivity contribution in [1.29, 1.82) is 0 Å². The molecular weight excluding hydrogens is 218 g/mol. The van der Waals surface area contributed by atoms with E-state index in [4.69, 9.17) is 0 Å². The molecule has 2 rings (SSSR count). The predicted octanol–water partition coefficient (Wildman–Crippen LogP) is 4.01. The van der Waals surface area contributed by atoms with Gasteiger partial charge in [0.25, 0.3) is 0 Å². The minimum absolute atomic E-state index is 0.536. The molecule has 0 saturated heterocycles. The van der Waals surface area contributed by atoms with Crippen molar-refractivity contribution in [3.05, 3.63) is 58.9 Å². The molecule has 0 atom stereocenters. The van der Waals surface area contributed by atoms with Crippen molar-refractivity contribution in [1.82, 2.24) is 0 Å². The van der Waals surface area contributed by atoms with Crippen LogP contribution >= 0.6 is 0 Å². The fourth-order valence-corrected chi connectivity index (χ4v) is 2.67. The number of pyridine rings is 1. The number of nitrogens with zero attached hydrogens (tertiary/aromatic N) is 1. The van der Waals surface area contributed by atoms with Crippen molar-refractivity contribution in [3.63, 3.8) is 0 Å². The molecule has 0 amide bonds. The van der Waals surface area contributed by atoms with Gasteiger partial charge < -0.3 is 0 Å². The Hall–Kier alpha value is -1.63.